The first-order valence-electron chi connectivity index (χ1n) is 5.21. The lowest BCUT2D eigenvalue weighted by Crippen LogP contribution is -2.13. The second-order valence-corrected chi connectivity index (χ2v) is 4.72. The minimum Gasteiger partial charge on any atom is -0.508 e. The van der Waals surface area contributed by atoms with Gasteiger partial charge in [-0.1, -0.05) is 24.3 Å². The van der Waals surface area contributed by atoms with Crippen molar-refractivity contribution in [3.63, 3.8) is 0 Å². The number of hydrogen-bond acceptors (Lipinski definition) is 3. The highest BCUT2D eigenvalue weighted by Crippen LogP contribution is 2.28. The van der Waals surface area contributed by atoms with Crippen molar-refractivity contribution in [1.29, 1.82) is 0 Å². The van der Waals surface area contributed by atoms with Crippen molar-refractivity contribution in [2.45, 2.75) is 12.3 Å². The number of carbonyl (C=O) groups is 1. The zero-order chi connectivity index (χ0) is 12.3. The van der Waals surface area contributed by atoms with E-state index in [4.69, 9.17) is 0 Å². The van der Waals surface area contributed by atoms with Crippen molar-refractivity contribution in [1.82, 2.24) is 0 Å². The van der Waals surface area contributed by atoms with Crippen LogP contribution in [0.25, 0.3) is 0 Å². The molecule has 3 nitrogen and oxygen atoms in total. The Bertz CT molecular complexity index is 505. The van der Waals surface area contributed by atoms with Crippen molar-refractivity contribution in [2.24, 2.45) is 0 Å². The molecule has 0 aliphatic carbocycles. The van der Waals surface area contributed by atoms with E-state index < -0.39 is 11.9 Å². The third kappa shape index (κ3) is 2.65. The zero-order valence-electron chi connectivity index (χ0n) is 9.04. The van der Waals surface area contributed by atoms with Gasteiger partial charge in [-0.25, -0.2) is 0 Å². The molecule has 4 heteroatoms. The molecule has 1 heterocycles. The summed E-state index contributed by atoms with van der Waals surface area (Å²) >= 11 is 1.42. The number of carboxylic acids is 1. The maximum atomic E-state index is 11.2. The number of hydrogen-bond donors (Lipinski definition) is 2. The molecule has 1 atom stereocenters. The van der Waals surface area contributed by atoms with Gasteiger partial charge in [-0.3, -0.25) is 4.79 Å². The van der Waals surface area contributed by atoms with Gasteiger partial charge in [0, 0.05) is 4.88 Å². The van der Waals surface area contributed by atoms with Gasteiger partial charge in [-0.15, -0.1) is 11.3 Å². The van der Waals surface area contributed by atoms with Crippen molar-refractivity contribution in [3.8, 4) is 5.75 Å². The van der Waals surface area contributed by atoms with Crippen LogP contribution >= 0.6 is 11.3 Å². The first-order chi connectivity index (χ1) is 8.18. The van der Waals surface area contributed by atoms with E-state index in [0.29, 0.717) is 12.0 Å². The number of aromatic hydroxyl groups is 1. The molecule has 0 fully saturated rings. The maximum absolute atomic E-state index is 11.2. The van der Waals surface area contributed by atoms with Crippen molar-refractivity contribution in [3.05, 3.63) is 52.2 Å². The zero-order valence-corrected chi connectivity index (χ0v) is 9.85. The summed E-state index contributed by atoms with van der Waals surface area (Å²) in [7, 11) is 0. The van der Waals surface area contributed by atoms with Gasteiger partial charge in [0.1, 0.15) is 5.75 Å². The number of aliphatic carboxylic acids is 1. The fourth-order valence-electron chi connectivity index (χ4n) is 1.70. The van der Waals surface area contributed by atoms with Gasteiger partial charge >= 0.3 is 5.97 Å². The normalized spacial score (nSPS) is 12.2. The Balaban J connectivity index is 2.26. The van der Waals surface area contributed by atoms with Gasteiger partial charge in [0.05, 0.1) is 5.92 Å². The molecule has 2 N–H and O–H groups in total. The topological polar surface area (TPSA) is 57.5 Å². The predicted molar refractivity (Wildman–Crippen MR) is 66.5 cm³/mol. The van der Waals surface area contributed by atoms with Crippen LogP contribution < -0.4 is 0 Å². The summed E-state index contributed by atoms with van der Waals surface area (Å²) in [5.41, 5.74) is 0.660. The number of rotatable bonds is 4. The van der Waals surface area contributed by atoms with Crippen LogP contribution in [0.15, 0.2) is 41.8 Å². The Morgan fingerprint density at radius 3 is 2.59 bits per heavy atom. The minimum atomic E-state index is -0.865. The van der Waals surface area contributed by atoms with Crippen molar-refractivity contribution < 1.29 is 15.0 Å². The first-order valence-corrected chi connectivity index (χ1v) is 6.09. The average Bonchev–Trinajstić information content (AvgIpc) is 2.81. The van der Waals surface area contributed by atoms with Crippen molar-refractivity contribution in [2.75, 3.05) is 0 Å². The minimum absolute atomic E-state index is 0.148. The molecular formula is C13H12O3S. The van der Waals surface area contributed by atoms with Gasteiger partial charge in [0.25, 0.3) is 0 Å². The molecule has 1 unspecified atom stereocenters. The summed E-state index contributed by atoms with van der Waals surface area (Å²) in [6.07, 6.45) is 0.308. The van der Waals surface area contributed by atoms with E-state index in [1.165, 1.54) is 11.3 Å². The molecule has 0 amide bonds. The maximum Gasteiger partial charge on any atom is 0.312 e. The molecule has 0 spiro atoms. The first kappa shape index (κ1) is 11.7. The van der Waals surface area contributed by atoms with Crippen molar-refractivity contribution >= 4 is 17.3 Å². The van der Waals surface area contributed by atoms with Crippen LogP contribution in [0, 0.1) is 0 Å². The summed E-state index contributed by atoms with van der Waals surface area (Å²) in [5, 5.41) is 20.7. The molecule has 0 radical (unpaired) electrons. The predicted octanol–water partition coefficient (Wildman–Crippen LogP) is 2.86. The number of thiophene rings is 1. The molecule has 0 aliphatic rings. The lowest BCUT2D eigenvalue weighted by Gasteiger charge is -2.11. The summed E-state index contributed by atoms with van der Waals surface area (Å²) in [6.45, 7) is 0. The van der Waals surface area contributed by atoms with Gasteiger partial charge in [-0.05, 0) is 29.5 Å². The van der Waals surface area contributed by atoms with E-state index in [0.717, 1.165) is 4.88 Å². The number of phenolic OH excluding ortho intramolecular Hbond substituents is 1. The summed E-state index contributed by atoms with van der Waals surface area (Å²) < 4.78 is 0. The van der Waals surface area contributed by atoms with E-state index >= 15 is 0 Å². The molecule has 1 aromatic heterocycles. The lowest BCUT2D eigenvalue weighted by atomic mass is 9.97. The van der Waals surface area contributed by atoms with Gasteiger partial charge in [0.2, 0.25) is 0 Å². The molecule has 0 saturated carbocycles. The van der Waals surface area contributed by atoms with Gasteiger partial charge in [0.15, 0.2) is 0 Å². The van der Waals surface area contributed by atoms with Crippen LogP contribution in [0.1, 0.15) is 16.4 Å². The Kier molecular flexibility index (Phi) is 3.44. The number of para-hydroxylation sites is 1. The molecule has 0 aliphatic heterocycles. The third-order valence-corrected chi connectivity index (χ3v) is 3.59. The fourth-order valence-corrected chi connectivity index (χ4v) is 2.52. The van der Waals surface area contributed by atoms with Crippen LogP contribution in [-0.4, -0.2) is 16.2 Å². The highest BCUT2D eigenvalue weighted by Gasteiger charge is 2.22. The molecule has 1 aromatic carbocycles. The SMILES string of the molecule is O=C(O)C(Cc1ccccc1O)c1cccs1. The molecule has 2 rings (SSSR count). The third-order valence-electron chi connectivity index (χ3n) is 2.60. The largest absolute Gasteiger partial charge is 0.508 e. The highest BCUT2D eigenvalue weighted by atomic mass is 32.1. The Morgan fingerprint density at radius 1 is 1.24 bits per heavy atom. The molecular weight excluding hydrogens is 236 g/mol. The lowest BCUT2D eigenvalue weighted by molar-refractivity contribution is -0.138. The van der Waals surface area contributed by atoms with E-state index in [9.17, 15) is 15.0 Å². The summed E-state index contributed by atoms with van der Waals surface area (Å²) in [6, 6.07) is 10.5. The fraction of sp³-hybridized carbons (Fsp3) is 0.154. The molecule has 2 aromatic rings. The van der Waals surface area contributed by atoms with E-state index in [2.05, 4.69) is 0 Å². The number of benzene rings is 1. The van der Waals surface area contributed by atoms with E-state index in [-0.39, 0.29) is 5.75 Å². The Morgan fingerprint density at radius 2 is 2.00 bits per heavy atom. The van der Waals surface area contributed by atoms with E-state index in [1.54, 1.807) is 24.3 Å². The number of carboxylic acid groups (broad SMARTS) is 1. The Hall–Kier alpha value is -1.81. The molecule has 88 valence electrons. The second kappa shape index (κ2) is 5.01. The smallest absolute Gasteiger partial charge is 0.312 e. The molecule has 0 bridgehead atoms. The van der Waals surface area contributed by atoms with Crippen LogP contribution in [0.3, 0.4) is 0 Å². The quantitative estimate of drug-likeness (QED) is 0.874. The molecule has 17 heavy (non-hydrogen) atoms. The van der Waals surface area contributed by atoms with Gasteiger partial charge in [-0.2, -0.15) is 0 Å². The Labute approximate surface area is 103 Å². The monoisotopic (exact) mass is 248 g/mol. The standard InChI is InChI=1S/C13H12O3S/c14-11-5-2-1-4-9(11)8-10(13(15)16)12-6-3-7-17-12/h1-7,10,14H,8H2,(H,15,16). The van der Waals surface area contributed by atoms with Crippen LogP contribution in [0.4, 0.5) is 0 Å². The van der Waals surface area contributed by atoms with E-state index in [1.807, 2.05) is 17.5 Å². The summed E-state index contributed by atoms with van der Waals surface area (Å²) in [4.78, 5) is 12.0. The number of phenols is 1. The van der Waals surface area contributed by atoms with Crippen LogP contribution in [0.5, 0.6) is 5.75 Å². The van der Waals surface area contributed by atoms with Crippen LogP contribution in [0.2, 0.25) is 0 Å². The van der Waals surface area contributed by atoms with Gasteiger partial charge < -0.3 is 10.2 Å². The second-order valence-electron chi connectivity index (χ2n) is 3.74. The highest BCUT2D eigenvalue weighted by molar-refractivity contribution is 7.10. The summed E-state index contributed by atoms with van der Waals surface area (Å²) in [5.74, 6) is -1.31. The molecule has 0 saturated heterocycles. The average molecular weight is 248 g/mol. The van der Waals surface area contributed by atoms with Crippen LogP contribution in [-0.2, 0) is 11.2 Å².